The van der Waals surface area contributed by atoms with Crippen molar-refractivity contribution in [2.75, 3.05) is 36.0 Å². The van der Waals surface area contributed by atoms with E-state index < -0.39 is 0 Å². The Hall–Kier alpha value is -1.69. The molecule has 1 aromatic carbocycles. The number of primary amides is 1. The lowest BCUT2D eigenvalue weighted by molar-refractivity contribution is -0.119. The van der Waals surface area contributed by atoms with Gasteiger partial charge in [0, 0.05) is 37.5 Å². The van der Waals surface area contributed by atoms with Gasteiger partial charge in [-0.1, -0.05) is 18.2 Å². The first kappa shape index (κ1) is 18.4. The second-order valence-electron chi connectivity index (χ2n) is 4.89. The van der Waals surface area contributed by atoms with Crippen LogP contribution in [0.15, 0.2) is 30.3 Å². The summed E-state index contributed by atoms with van der Waals surface area (Å²) in [4.78, 5) is 24.5. The Morgan fingerprint density at radius 2 is 2.00 bits per heavy atom. The molecule has 1 aromatic rings. The van der Waals surface area contributed by atoms with Gasteiger partial charge in [0.25, 0.3) is 0 Å². The van der Waals surface area contributed by atoms with Crippen molar-refractivity contribution in [3.05, 3.63) is 30.3 Å². The molecule has 0 fully saturated rings. The summed E-state index contributed by atoms with van der Waals surface area (Å²) in [5.41, 5.74) is 6.25. The maximum Gasteiger partial charge on any atom is 0.229 e. The van der Waals surface area contributed by atoms with Crippen LogP contribution in [0.4, 0.5) is 5.69 Å². The zero-order valence-corrected chi connectivity index (χ0v) is 13.9. The lowest BCUT2D eigenvalue weighted by Crippen LogP contribution is -2.30. The molecule has 6 heteroatoms. The van der Waals surface area contributed by atoms with Crippen molar-refractivity contribution in [1.29, 1.82) is 0 Å². The van der Waals surface area contributed by atoms with Crippen LogP contribution < -0.4 is 16.0 Å². The summed E-state index contributed by atoms with van der Waals surface area (Å²) < 4.78 is 0. The molecule has 1 rings (SSSR count). The van der Waals surface area contributed by atoms with Crippen molar-refractivity contribution in [1.82, 2.24) is 5.32 Å². The number of carbonyl (C=O) groups excluding carboxylic acids is 2. The normalized spacial score (nSPS) is 10.2. The van der Waals surface area contributed by atoms with Crippen LogP contribution in [0.2, 0.25) is 0 Å². The number of amides is 2. The van der Waals surface area contributed by atoms with E-state index in [1.165, 1.54) is 17.4 Å². The summed E-state index contributed by atoms with van der Waals surface area (Å²) in [5.74, 6) is 0.662. The number of hydrogen-bond acceptors (Lipinski definition) is 4. The number of thioether (sulfide) groups is 1. The molecule has 0 spiro atoms. The fourth-order valence-corrected chi connectivity index (χ4v) is 2.77. The van der Waals surface area contributed by atoms with Crippen LogP contribution >= 0.6 is 11.8 Å². The van der Waals surface area contributed by atoms with Gasteiger partial charge in [0.1, 0.15) is 0 Å². The lowest BCUT2D eigenvalue weighted by atomic mass is 10.2. The van der Waals surface area contributed by atoms with Crippen molar-refractivity contribution >= 4 is 29.3 Å². The molecule has 0 atom stereocenters. The highest BCUT2D eigenvalue weighted by Crippen LogP contribution is 2.12. The molecule has 5 nitrogen and oxygen atoms in total. The molecule has 22 heavy (non-hydrogen) atoms. The maximum atomic E-state index is 11.6. The molecule has 0 aromatic heterocycles. The van der Waals surface area contributed by atoms with Crippen LogP contribution in [0.5, 0.6) is 0 Å². The number of carbonyl (C=O) groups is 2. The minimum Gasteiger partial charge on any atom is -0.372 e. The number of nitrogens with zero attached hydrogens (tertiary/aromatic N) is 1. The molecular formula is C16H25N3O2S. The first-order valence-corrected chi connectivity index (χ1v) is 8.71. The Labute approximate surface area is 136 Å². The van der Waals surface area contributed by atoms with Gasteiger partial charge in [-0.25, -0.2) is 0 Å². The third kappa shape index (κ3) is 7.93. The highest BCUT2D eigenvalue weighted by Gasteiger charge is 2.05. The highest BCUT2D eigenvalue weighted by atomic mass is 32.2. The number of benzene rings is 1. The lowest BCUT2D eigenvalue weighted by Gasteiger charge is -2.23. The monoisotopic (exact) mass is 323 g/mol. The number of nitrogens with two attached hydrogens (primary N) is 1. The summed E-state index contributed by atoms with van der Waals surface area (Å²) >= 11 is 1.43. The van der Waals surface area contributed by atoms with Gasteiger partial charge in [0.05, 0.1) is 5.75 Å². The zero-order valence-electron chi connectivity index (χ0n) is 13.1. The van der Waals surface area contributed by atoms with E-state index in [1.54, 1.807) is 0 Å². The van der Waals surface area contributed by atoms with Crippen molar-refractivity contribution in [3.63, 3.8) is 0 Å². The Kier molecular flexibility index (Phi) is 9.14. The van der Waals surface area contributed by atoms with Crippen LogP contribution in [0.25, 0.3) is 0 Å². The van der Waals surface area contributed by atoms with Crippen molar-refractivity contribution in [2.24, 2.45) is 5.73 Å². The first-order chi connectivity index (χ1) is 10.6. The molecule has 0 heterocycles. The molecule has 122 valence electrons. The fraction of sp³-hybridized carbons (Fsp3) is 0.500. The summed E-state index contributed by atoms with van der Waals surface area (Å²) in [6.07, 6.45) is 1.22. The predicted octanol–water partition coefficient (Wildman–Crippen LogP) is 1.63. The SMILES string of the molecule is CCN(CCCNC(=O)CSCCC(N)=O)c1ccccc1. The maximum absolute atomic E-state index is 11.6. The predicted molar refractivity (Wildman–Crippen MR) is 93.1 cm³/mol. The van der Waals surface area contributed by atoms with E-state index in [-0.39, 0.29) is 11.8 Å². The van der Waals surface area contributed by atoms with E-state index in [9.17, 15) is 9.59 Å². The molecule has 0 bridgehead atoms. The number of hydrogen-bond donors (Lipinski definition) is 2. The van der Waals surface area contributed by atoms with E-state index in [1.807, 2.05) is 18.2 Å². The minimum absolute atomic E-state index is 0.0113. The molecule has 0 aliphatic carbocycles. The van der Waals surface area contributed by atoms with Crippen molar-refractivity contribution in [2.45, 2.75) is 19.8 Å². The summed E-state index contributed by atoms with van der Waals surface area (Å²) in [6, 6.07) is 10.3. The molecule has 0 aliphatic rings. The Morgan fingerprint density at radius 1 is 1.27 bits per heavy atom. The van der Waals surface area contributed by atoms with Crippen molar-refractivity contribution in [3.8, 4) is 0 Å². The van der Waals surface area contributed by atoms with E-state index >= 15 is 0 Å². The third-order valence-electron chi connectivity index (χ3n) is 3.16. The average Bonchev–Trinajstić information content (AvgIpc) is 2.52. The van der Waals surface area contributed by atoms with Crippen LogP contribution in [0, 0.1) is 0 Å². The van der Waals surface area contributed by atoms with Gasteiger partial charge in [-0.05, 0) is 25.5 Å². The van der Waals surface area contributed by atoms with Gasteiger partial charge in [-0.2, -0.15) is 11.8 Å². The second-order valence-corrected chi connectivity index (χ2v) is 5.99. The number of nitrogens with one attached hydrogen (secondary N) is 1. The van der Waals surface area contributed by atoms with Gasteiger partial charge in [-0.15, -0.1) is 0 Å². The smallest absolute Gasteiger partial charge is 0.229 e. The minimum atomic E-state index is -0.325. The Bertz CT molecular complexity index is 454. The van der Waals surface area contributed by atoms with Crippen LogP contribution in [0.3, 0.4) is 0 Å². The van der Waals surface area contributed by atoms with Gasteiger partial charge in [0.15, 0.2) is 0 Å². The van der Waals surface area contributed by atoms with Crippen LogP contribution in [0.1, 0.15) is 19.8 Å². The van der Waals surface area contributed by atoms with E-state index in [2.05, 4.69) is 29.3 Å². The first-order valence-electron chi connectivity index (χ1n) is 7.56. The van der Waals surface area contributed by atoms with Gasteiger partial charge < -0.3 is 16.0 Å². The second kappa shape index (κ2) is 11.0. The third-order valence-corrected chi connectivity index (χ3v) is 4.12. The van der Waals surface area contributed by atoms with E-state index in [0.717, 1.165) is 19.5 Å². The molecule has 0 saturated carbocycles. The number of para-hydroxylation sites is 1. The van der Waals surface area contributed by atoms with Crippen molar-refractivity contribution < 1.29 is 9.59 Å². The summed E-state index contributed by atoms with van der Waals surface area (Å²) in [6.45, 7) is 4.65. The topological polar surface area (TPSA) is 75.4 Å². The Balaban J connectivity index is 2.13. The number of rotatable bonds is 11. The molecule has 0 aliphatic heterocycles. The van der Waals surface area contributed by atoms with Gasteiger partial charge in [-0.3, -0.25) is 9.59 Å². The standard InChI is InChI=1S/C16H25N3O2S/c1-2-19(14-7-4-3-5-8-14)11-6-10-18-16(21)13-22-12-9-15(17)20/h3-5,7-8H,2,6,9-13H2,1H3,(H2,17,20)(H,18,21). The highest BCUT2D eigenvalue weighted by molar-refractivity contribution is 7.99. The molecule has 0 radical (unpaired) electrons. The van der Waals surface area contributed by atoms with Gasteiger partial charge in [0.2, 0.25) is 11.8 Å². The van der Waals surface area contributed by atoms with E-state index in [0.29, 0.717) is 24.5 Å². The molecule has 0 unspecified atom stereocenters. The molecule has 0 saturated heterocycles. The fourth-order valence-electron chi connectivity index (χ4n) is 1.99. The molecular weight excluding hydrogens is 298 g/mol. The summed E-state index contributed by atoms with van der Waals surface area (Å²) in [7, 11) is 0. The van der Waals surface area contributed by atoms with E-state index in [4.69, 9.17) is 5.73 Å². The van der Waals surface area contributed by atoms with Gasteiger partial charge >= 0.3 is 0 Å². The molecule has 3 N–H and O–H groups in total. The Morgan fingerprint density at radius 3 is 2.64 bits per heavy atom. The molecule has 2 amide bonds. The number of anilines is 1. The summed E-state index contributed by atoms with van der Waals surface area (Å²) in [5, 5.41) is 2.90. The average molecular weight is 323 g/mol. The van der Waals surface area contributed by atoms with Crippen LogP contribution in [-0.2, 0) is 9.59 Å². The zero-order chi connectivity index (χ0) is 16.2. The quantitative estimate of drug-likeness (QED) is 0.607. The van der Waals surface area contributed by atoms with Crippen LogP contribution in [-0.4, -0.2) is 43.0 Å². The largest absolute Gasteiger partial charge is 0.372 e.